The van der Waals surface area contributed by atoms with Gasteiger partial charge < -0.3 is 4.98 Å². The van der Waals surface area contributed by atoms with Gasteiger partial charge in [0.2, 0.25) is 0 Å². The van der Waals surface area contributed by atoms with Crippen LogP contribution in [0.3, 0.4) is 0 Å². The molecule has 2 aromatic rings. The number of H-pyrrole nitrogens is 1. The summed E-state index contributed by atoms with van der Waals surface area (Å²) in [5.41, 5.74) is 3.26. The van der Waals surface area contributed by atoms with Gasteiger partial charge in [0.15, 0.2) is 0 Å². The minimum absolute atomic E-state index is 0.154. The number of aromatic nitrogens is 1. The molecule has 1 aromatic carbocycles. The number of hydrogen-bond acceptors (Lipinski definition) is 1. The SMILES string of the molecule is [C-]#[N+]c1c(-c2ccc(C)cc2)cc(C(C)(C)C)[nH]c1=O. The molecule has 1 heterocycles. The van der Waals surface area contributed by atoms with Crippen LogP contribution in [0.15, 0.2) is 35.1 Å². The third kappa shape index (κ3) is 2.65. The molecule has 0 fully saturated rings. The van der Waals surface area contributed by atoms with Crippen molar-refractivity contribution in [3.05, 3.63) is 63.4 Å². The fraction of sp³-hybridized carbons (Fsp3) is 0.294. The third-order valence-corrected chi connectivity index (χ3v) is 3.29. The quantitative estimate of drug-likeness (QED) is 0.772. The van der Waals surface area contributed by atoms with E-state index >= 15 is 0 Å². The highest BCUT2D eigenvalue weighted by Gasteiger charge is 2.19. The lowest BCUT2D eigenvalue weighted by Gasteiger charge is -2.20. The third-order valence-electron chi connectivity index (χ3n) is 3.29. The van der Waals surface area contributed by atoms with Gasteiger partial charge in [-0.05, 0) is 24.1 Å². The van der Waals surface area contributed by atoms with Crippen LogP contribution >= 0.6 is 0 Å². The molecule has 0 bridgehead atoms. The summed E-state index contributed by atoms with van der Waals surface area (Å²) in [6.45, 7) is 15.4. The summed E-state index contributed by atoms with van der Waals surface area (Å²) in [5, 5.41) is 0. The molecule has 0 radical (unpaired) electrons. The monoisotopic (exact) mass is 266 g/mol. The number of aryl methyl sites for hydroxylation is 1. The summed E-state index contributed by atoms with van der Waals surface area (Å²) < 4.78 is 0. The Bertz CT molecular complexity index is 726. The fourth-order valence-corrected chi connectivity index (χ4v) is 2.02. The van der Waals surface area contributed by atoms with Gasteiger partial charge in [-0.2, -0.15) is 0 Å². The van der Waals surface area contributed by atoms with Crippen LogP contribution in [0.5, 0.6) is 0 Å². The van der Waals surface area contributed by atoms with Gasteiger partial charge >= 0.3 is 0 Å². The maximum atomic E-state index is 12.1. The van der Waals surface area contributed by atoms with Crippen LogP contribution < -0.4 is 5.56 Å². The molecule has 0 saturated carbocycles. The van der Waals surface area contributed by atoms with E-state index in [0.29, 0.717) is 5.56 Å². The predicted octanol–water partition coefficient (Wildman–Crippen LogP) is 4.20. The molecule has 3 nitrogen and oxygen atoms in total. The van der Waals surface area contributed by atoms with Gasteiger partial charge in [0.05, 0.1) is 6.57 Å². The van der Waals surface area contributed by atoms with E-state index in [9.17, 15) is 4.79 Å². The highest BCUT2D eigenvalue weighted by molar-refractivity contribution is 5.78. The standard InChI is InChI=1S/C17H18N2O/c1-11-6-8-12(9-7-11)13-10-14(17(2,3)4)19-16(20)15(13)18-5/h6-10H,1-4H3,(H,19,20). The molecular weight excluding hydrogens is 248 g/mol. The molecule has 0 aliphatic heterocycles. The average Bonchev–Trinajstić information content (AvgIpc) is 2.37. The second kappa shape index (κ2) is 4.97. The summed E-state index contributed by atoms with van der Waals surface area (Å²) in [6.07, 6.45) is 0. The van der Waals surface area contributed by atoms with Gasteiger partial charge in [-0.25, -0.2) is 4.85 Å². The van der Waals surface area contributed by atoms with Crippen LogP contribution in [-0.2, 0) is 5.41 Å². The Kier molecular flexibility index (Phi) is 3.50. The maximum Gasteiger partial charge on any atom is 0.258 e. The summed E-state index contributed by atoms with van der Waals surface area (Å²) in [4.78, 5) is 18.3. The Morgan fingerprint density at radius 2 is 1.75 bits per heavy atom. The largest absolute Gasteiger partial charge is 0.335 e. The molecule has 102 valence electrons. The minimum Gasteiger partial charge on any atom is -0.335 e. The van der Waals surface area contributed by atoms with Crippen molar-refractivity contribution in [3.8, 4) is 11.1 Å². The van der Waals surface area contributed by atoms with E-state index < -0.39 is 0 Å². The van der Waals surface area contributed by atoms with Crippen LogP contribution in [0.25, 0.3) is 16.0 Å². The van der Waals surface area contributed by atoms with Crippen molar-refractivity contribution in [2.24, 2.45) is 0 Å². The Labute approximate surface area is 119 Å². The van der Waals surface area contributed by atoms with E-state index in [2.05, 4.69) is 9.83 Å². The molecule has 2 rings (SSSR count). The number of rotatable bonds is 1. The first kappa shape index (κ1) is 14.1. The molecule has 0 aliphatic rings. The molecule has 0 saturated heterocycles. The van der Waals surface area contributed by atoms with Gasteiger partial charge in [0.25, 0.3) is 11.2 Å². The second-order valence-electron chi connectivity index (χ2n) is 6.00. The number of hydrogen-bond donors (Lipinski definition) is 1. The van der Waals surface area contributed by atoms with E-state index in [-0.39, 0.29) is 16.7 Å². The van der Waals surface area contributed by atoms with Gasteiger partial charge in [-0.3, -0.25) is 4.79 Å². The molecule has 0 atom stereocenters. The smallest absolute Gasteiger partial charge is 0.258 e. The molecule has 1 N–H and O–H groups in total. The highest BCUT2D eigenvalue weighted by atomic mass is 16.1. The summed E-state index contributed by atoms with van der Waals surface area (Å²) in [6, 6.07) is 9.79. The van der Waals surface area contributed by atoms with Crippen LogP contribution in [0.4, 0.5) is 5.69 Å². The van der Waals surface area contributed by atoms with E-state index in [1.165, 1.54) is 0 Å². The van der Waals surface area contributed by atoms with Crippen LogP contribution in [0, 0.1) is 13.5 Å². The first-order valence-electron chi connectivity index (χ1n) is 6.55. The van der Waals surface area contributed by atoms with Crippen LogP contribution in [0.1, 0.15) is 32.0 Å². The summed E-state index contributed by atoms with van der Waals surface area (Å²) in [5.74, 6) is 0. The number of benzene rings is 1. The predicted molar refractivity (Wildman–Crippen MR) is 82.2 cm³/mol. The Balaban J connectivity index is 2.74. The highest BCUT2D eigenvalue weighted by Crippen LogP contribution is 2.31. The maximum absolute atomic E-state index is 12.1. The van der Waals surface area contributed by atoms with Crippen LogP contribution in [-0.4, -0.2) is 4.98 Å². The molecule has 0 aliphatic carbocycles. The Morgan fingerprint density at radius 1 is 1.15 bits per heavy atom. The molecule has 0 amide bonds. The molecule has 0 unspecified atom stereocenters. The average molecular weight is 266 g/mol. The summed E-state index contributed by atoms with van der Waals surface area (Å²) >= 11 is 0. The zero-order chi connectivity index (χ0) is 14.9. The molecule has 0 spiro atoms. The van der Waals surface area contributed by atoms with E-state index in [1.54, 1.807) is 0 Å². The second-order valence-corrected chi connectivity index (χ2v) is 6.00. The fourth-order valence-electron chi connectivity index (χ4n) is 2.02. The Morgan fingerprint density at radius 3 is 2.25 bits per heavy atom. The van der Waals surface area contributed by atoms with Gasteiger partial charge in [0.1, 0.15) is 0 Å². The zero-order valence-electron chi connectivity index (χ0n) is 12.2. The van der Waals surface area contributed by atoms with Crippen molar-refractivity contribution < 1.29 is 0 Å². The first-order chi connectivity index (χ1) is 9.32. The van der Waals surface area contributed by atoms with E-state index in [0.717, 1.165) is 16.8 Å². The van der Waals surface area contributed by atoms with Crippen molar-refractivity contribution in [3.63, 3.8) is 0 Å². The zero-order valence-corrected chi connectivity index (χ0v) is 12.2. The lowest BCUT2D eigenvalue weighted by atomic mass is 9.89. The van der Waals surface area contributed by atoms with Crippen molar-refractivity contribution in [2.75, 3.05) is 0 Å². The van der Waals surface area contributed by atoms with Crippen LogP contribution in [0.2, 0.25) is 0 Å². The minimum atomic E-state index is -0.317. The van der Waals surface area contributed by atoms with Crippen molar-refractivity contribution in [2.45, 2.75) is 33.1 Å². The first-order valence-corrected chi connectivity index (χ1v) is 6.55. The summed E-state index contributed by atoms with van der Waals surface area (Å²) in [7, 11) is 0. The van der Waals surface area contributed by atoms with Gasteiger partial charge in [-0.1, -0.05) is 50.6 Å². The number of nitrogens with zero attached hydrogens (tertiary/aromatic N) is 1. The van der Waals surface area contributed by atoms with Gasteiger partial charge in [0, 0.05) is 11.1 Å². The van der Waals surface area contributed by atoms with Gasteiger partial charge in [-0.15, -0.1) is 0 Å². The van der Waals surface area contributed by atoms with Crippen molar-refractivity contribution >= 4 is 5.69 Å². The molecular formula is C17H18N2O. The lowest BCUT2D eigenvalue weighted by molar-refractivity contribution is 0.567. The van der Waals surface area contributed by atoms with Crippen molar-refractivity contribution in [1.29, 1.82) is 0 Å². The molecule has 3 heteroatoms. The number of pyridine rings is 1. The van der Waals surface area contributed by atoms with E-state index in [4.69, 9.17) is 6.57 Å². The lowest BCUT2D eigenvalue weighted by Crippen LogP contribution is -2.19. The van der Waals surface area contributed by atoms with Crippen molar-refractivity contribution in [1.82, 2.24) is 4.98 Å². The number of aromatic amines is 1. The Hall–Kier alpha value is -2.34. The number of nitrogens with one attached hydrogen (secondary N) is 1. The van der Waals surface area contributed by atoms with E-state index in [1.807, 2.05) is 58.0 Å². The topological polar surface area (TPSA) is 37.2 Å². The molecule has 1 aromatic heterocycles. The molecule has 20 heavy (non-hydrogen) atoms. The normalized spacial score (nSPS) is 11.2.